The van der Waals surface area contributed by atoms with Crippen molar-refractivity contribution in [2.45, 2.75) is 18.9 Å². The molecule has 0 saturated carbocycles. The van der Waals surface area contributed by atoms with Gasteiger partial charge in [0.1, 0.15) is 12.4 Å². The highest BCUT2D eigenvalue weighted by atomic mass is 16.5. The molecule has 1 aromatic rings. The van der Waals surface area contributed by atoms with Crippen molar-refractivity contribution in [2.24, 2.45) is 0 Å². The molecule has 0 aliphatic carbocycles. The molecule has 1 fully saturated rings. The number of hydrogen-bond donors (Lipinski definition) is 1. The Morgan fingerprint density at radius 1 is 1.30 bits per heavy atom. The second-order valence-corrected chi connectivity index (χ2v) is 4.91. The molecule has 1 saturated heterocycles. The molecule has 1 aliphatic heterocycles. The molecular weight excluding hydrogens is 256 g/mol. The Morgan fingerprint density at radius 2 is 1.95 bits per heavy atom. The predicted octanol–water partition coefficient (Wildman–Crippen LogP) is 1.43. The van der Waals surface area contributed by atoms with E-state index >= 15 is 0 Å². The molecule has 1 aromatic carbocycles. The zero-order valence-corrected chi connectivity index (χ0v) is 12.1. The number of carbonyl (C=O) groups is 1. The topological polar surface area (TPSA) is 50.8 Å². The highest BCUT2D eigenvalue weighted by Crippen LogP contribution is 2.18. The molecule has 0 unspecified atom stereocenters. The number of nitrogens with one attached hydrogen (secondary N) is 1. The van der Waals surface area contributed by atoms with E-state index in [1.807, 2.05) is 24.3 Å². The molecule has 0 bridgehead atoms. The second-order valence-electron chi connectivity index (χ2n) is 4.91. The van der Waals surface area contributed by atoms with Crippen LogP contribution in [0.1, 0.15) is 12.8 Å². The Morgan fingerprint density at radius 3 is 2.55 bits per heavy atom. The molecule has 0 spiro atoms. The zero-order chi connectivity index (χ0) is 14.4. The normalized spacial score (nSPS) is 15.9. The monoisotopic (exact) mass is 278 g/mol. The van der Waals surface area contributed by atoms with E-state index in [2.05, 4.69) is 5.32 Å². The van der Waals surface area contributed by atoms with Crippen LogP contribution in [-0.2, 0) is 9.53 Å². The quantitative estimate of drug-likeness (QED) is 0.885. The minimum absolute atomic E-state index is 0.0336. The average molecular weight is 278 g/mol. The number of rotatable bonds is 5. The summed E-state index contributed by atoms with van der Waals surface area (Å²) in [5.41, 5.74) is 0.838. The first-order valence-corrected chi connectivity index (χ1v) is 6.93. The molecule has 0 atom stereocenters. The third-order valence-electron chi connectivity index (χ3n) is 3.56. The number of methoxy groups -OCH3 is 1. The van der Waals surface area contributed by atoms with Crippen molar-refractivity contribution in [1.82, 2.24) is 5.32 Å². The highest BCUT2D eigenvalue weighted by Gasteiger charge is 2.17. The van der Waals surface area contributed by atoms with Crippen molar-refractivity contribution in [1.29, 1.82) is 0 Å². The Bertz CT molecular complexity index is 427. The number of ether oxygens (including phenoxy) is 2. The van der Waals surface area contributed by atoms with Crippen molar-refractivity contribution in [3.63, 3.8) is 0 Å². The zero-order valence-electron chi connectivity index (χ0n) is 12.1. The van der Waals surface area contributed by atoms with Crippen LogP contribution in [0.2, 0.25) is 0 Å². The van der Waals surface area contributed by atoms with Gasteiger partial charge in [0.05, 0.1) is 13.2 Å². The van der Waals surface area contributed by atoms with Gasteiger partial charge in [0.25, 0.3) is 5.91 Å². The number of hydrogen-bond acceptors (Lipinski definition) is 4. The number of carbonyl (C=O) groups excluding carboxylic acids is 1. The van der Waals surface area contributed by atoms with E-state index < -0.39 is 0 Å². The van der Waals surface area contributed by atoms with Gasteiger partial charge < -0.3 is 19.7 Å². The van der Waals surface area contributed by atoms with Crippen LogP contribution in [0.4, 0.5) is 5.69 Å². The summed E-state index contributed by atoms with van der Waals surface area (Å²) >= 11 is 0. The molecule has 1 N–H and O–H groups in total. The first-order chi connectivity index (χ1) is 9.70. The summed E-state index contributed by atoms with van der Waals surface area (Å²) in [7, 11) is 3.38. The SMILES string of the molecule is COc1ccc(N(C)C(=O)COC2CCNCC2)cc1. The van der Waals surface area contributed by atoms with Gasteiger partial charge in [0.2, 0.25) is 0 Å². The molecule has 2 rings (SSSR count). The van der Waals surface area contributed by atoms with Crippen LogP contribution in [0.5, 0.6) is 5.75 Å². The minimum Gasteiger partial charge on any atom is -0.497 e. The number of likely N-dealkylation sites (N-methyl/N-ethyl adjacent to an activating group) is 1. The van der Waals surface area contributed by atoms with E-state index in [-0.39, 0.29) is 18.6 Å². The van der Waals surface area contributed by atoms with Gasteiger partial charge in [-0.05, 0) is 50.2 Å². The van der Waals surface area contributed by atoms with Crippen LogP contribution in [0.15, 0.2) is 24.3 Å². The van der Waals surface area contributed by atoms with Crippen LogP contribution in [0, 0.1) is 0 Å². The van der Waals surface area contributed by atoms with Crippen LogP contribution in [0.3, 0.4) is 0 Å². The summed E-state index contributed by atoms with van der Waals surface area (Å²) in [4.78, 5) is 13.7. The minimum atomic E-state index is -0.0336. The van der Waals surface area contributed by atoms with Gasteiger partial charge in [-0.15, -0.1) is 0 Å². The summed E-state index contributed by atoms with van der Waals surface area (Å²) in [6, 6.07) is 7.40. The number of amides is 1. The maximum absolute atomic E-state index is 12.1. The van der Waals surface area contributed by atoms with Crippen molar-refractivity contribution in [3.05, 3.63) is 24.3 Å². The maximum Gasteiger partial charge on any atom is 0.252 e. The van der Waals surface area contributed by atoms with Gasteiger partial charge in [-0.25, -0.2) is 0 Å². The van der Waals surface area contributed by atoms with E-state index in [4.69, 9.17) is 9.47 Å². The lowest BCUT2D eigenvalue weighted by molar-refractivity contribution is -0.125. The smallest absolute Gasteiger partial charge is 0.252 e. The number of nitrogens with zero attached hydrogens (tertiary/aromatic N) is 1. The first-order valence-electron chi connectivity index (χ1n) is 6.93. The Balaban J connectivity index is 1.83. The van der Waals surface area contributed by atoms with Crippen molar-refractivity contribution < 1.29 is 14.3 Å². The Labute approximate surface area is 119 Å². The van der Waals surface area contributed by atoms with Crippen LogP contribution < -0.4 is 15.0 Å². The number of anilines is 1. The van der Waals surface area contributed by atoms with Crippen molar-refractivity contribution in [3.8, 4) is 5.75 Å². The van der Waals surface area contributed by atoms with Gasteiger partial charge >= 0.3 is 0 Å². The molecule has 20 heavy (non-hydrogen) atoms. The molecule has 1 aliphatic rings. The highest BCUT2D eigenvalue weighted by molar-refractivity contribution is 5.93. The van der Waals surface area contributed by atoms with Gasteiger partial charge in [-0.2, -0.15) is 0 Å². The molecule has 5 heteroatoms. The average Bonchev–Trinajstić information content (AvgIpc) is 2.53. The Kier molecular flexibility index (Phi) is 5.38. The van der Waals surface area contributed by atoms with E-state index in [9.17, 15) is 4.79 Å². The summed E-state index contributed by atoms with van der Waals surface area (Å²) < 4.78 is 10.8. The maximum atomic E-state index is 12.1. The third-order valence-corrected chi connectivity index (χ3v) is 3.56. The molecule has 5 nitrogen and oxygen atoms in total. The third kappa shape index (κ3) is 3.95. The van der Waals surface area contributed by atoms with Crippen molar-refractivity contribution >= 4 is 11.6 Å². The van der Waals surface area contributed by atoms with E-state index in [0.29, 0.717) is 0 Å². The summed E-state index contributed by atoms with van der Waals surface area (Å²) in [5, 5.41) is 3.27. The van der Waals surface area contributed by atoms with Crippen molar-refractivity contribution in [2.75, 3.05) is 38.8 Å². The molecule has 1 heterocycles. The lowest BCUT2D eigenvalue weighted by Gasteiger charge is -2.24. The summed E-state index contributed by atoms with van der Waals surface area (Å²) in [6.07, 6.45) is 2.14. The van der Waals surface area contributed by atoms with Crippen LogP contribution in [0.25, 0.3) is 0 Å². The Hall–Kier alpha value is -1.59. The second kappa shape index (κ2) is 7.26. The molecule has 0 aromatic heterocycles. The van der Waals surface area contributed by atoms with Gasteiger partial charge in [0, 0.05) is 12.7 Å². The fourth-order valence-electron chi connectivity index (χ4n) is 2.20. The summed E-state index contributed by atoms with van der Waals surface area (Å²) in [5.74, 6) is 0.745. The molecule has 1 amide bonds. The standard InChI is InChI=1S/C15H22N2O3/c1-17(12-3-5-13(19-2)6-4-12)15(18)11-20-14-7-9-16-10-8-14/h3-6,14,16H,7-11H2,1-2H3. The van der Waals surface area contributed by atoms with Gasteiger partial charge in [0.15, 0.2) is 0 Å². The predicted molar refractivity (Wildman–Crippen MR) is 78.2 cm³/mol. The molecular formula is C15H22N2O3. The van der Waals surface area contributed by atoms with E-state index in [1.165, 1.54) is 0 Å². The molecule has 0 radical (unpaired) electrons. The van der Waals surface area contributed by atoms with Gasteiger partial charge in [-0.1, -0.05) is 0 Å². The lowest BCUT2D eigenvalue weighted by Crippen LogP contribution is -2.36. The first kappa shape index (κ1) is 14.8. The fraction of sp³-hybridized carbons (Fsp3) is 0.533. The molecule has 110 valence electrons. The largest absolute Gasteiger partial charge is 0.497 e. The van der Waals surface area contributed by atoms with E-state index in [1.54, 1.807) is 19.1 Å². The number of piperidine rings is 1. The van der Waals surface area contributed by atoms with E-state index in [0.717, 1.165) is 37.4 Å². The lowest BCUT2D eigenvalue weighted by atomic mass is 10.1. The summed E-state index contributed by atoms with van der Waals surface area (Å²) in [6.45, 7) is 2.06. The van der Waals surface area contributed by atoms with Crippen LogP contribution in [-0.4, -0.2) is 45.9 Å². The number of benzene rings is 1. The van der Waals surface area contributed by atoms with Gasteiger partial charge in [-0.3, -0.25) is 4.79 Å². The van der Waals surface area contributed by atoms with Crippen LogP contribution >= 0.6 is 0 Å². The fourth-order valence-corrected chi connectivity index (χ4v) is 2.20.